The Labute approximate surface area is 157 Å². The Morgan fingerprint density at radius 3 is 2.56 bits per heavy atom. The predicted octanol–water partition coefficient (Wildman–Crippen LogP) is 2.85. The van der Waals surface area contributed by atoms with Crippen LogP contribution in [0.2, 0.25) is 0 Å². The highest BCUT2D eigenvalue weighted by molar-refractivity contribution is 5.94. The van der Waals surface area contributed by atoms with E-state index in [1.165, 1.54) is 26.0 Å². The monoisotopic (exact) mass is 369 g/mol. The van der Waals surface area contributed by atoms with Crippen molar-refractivity contribution in [1.82, 2.24) is 10.2 Å². The van der Waals surface area contributed by atoms with Crippen molar-refractivity contribution < 1.29 is 18.7 Å². The molecule has 2 amide bonds. The van der Waals surface area contributed by atoms with Gasteiger partial charge in [0.15, 0.2) is 0 Å². The minimum atomic E-state index is -0.180. The molecule has 27 heavy (non-hydrogen) atoms. The quantitative estimate of drug-likeness (QED) is 0.847. The van der Waals surface area contributed by atoms with Crippen LogP contribution in [0.1, 0.15) is 30.1 Å². The van der Waals surface area contributed by atoms with Gasteiger partial charge < -0.3 is 24.7 Å². The summed E-state index contributed by atoms with van der Waals surface area (Å²) in [6.45, 7) is 4.68. The summed E-state index contributed by atoms with van der Waals surface area (Å²) in [5.74, 6) is 1.19. The number of amides is 2. The zero-order valence-corrected chi connectivity index (χ0v) is 15.2. The van der Waals surface area contributed by atoms with Gasteiger partial charge in [-0.1, -0.05) is 0 Å². The number of hydrogen-bond donors (Lipinski definition) is 2. The first-order valence-electron chi connectivity index (χ1n) is 9.24. The van der Waals surface area contributed by atoms with Gasteiger partial charge in [-0.15, -0.1) is 0 Å². The molecule has 3 aliphatic heterocycles. The fraction of sp³-hybridized carbons (Fsp3) is 0.400. The highest BCUT2D eigenvalue weighted by Crippen LogP contribution is 2.28. The van der Waals surface area contributed by atoms with Crippen molar-refractivity contribution in [3.05, 3.63) is 42.2 Å². The molecule has 2 aromatic rings. The molecule has 7 nitrogen and oxygen atoms in total. The molecule has 1 aromatic heterocycles. The van der Waals surface area contributed by atoms with Crippen LogP contribution >= 0.6 is 0 Å². The van der Waals surface area contributed by atoms with E-state index in [1.807, 2.05) is 0 Å². The minimum Gasteiger partial charge on any atom is -0.432 e. The summed E-state index contributed by atoms with van der Waals surface area (Å²) < 4.78 is 10.9. The number of anilines is 1. The van der Waals surface area contributed by atoms with E-state index in [1.54, 1.807) is 30.3 Å². The third-order valence-electron chi connectivity index (χ3n) is 5.20. The normalized spacial score (nSPS) is 23.7. The first-order valence-corrected chi connectivity index (χ1v) is 9.24. The third-order valence-corrected chi connectivity index (χ3v) is 5.20. The average molecular weight is 369 g/mol. The van der Waals surface area contributed by atoms with Crippen LogP contribution in [-0.4, -0.2) is 42.4 Å². The number of carbonyl (C=O) groups excluding carboxylic acids is 2. The lowest BCUT2D eigenvalue weighted by molar-refractivity contribution is -0.114. The second-order valence-electron chi connectivity index (χ2n) is 7.18. The van der Waals surface area contributed by atoms with Crippen LogP contribution in [0.25, 0.3) is 0 Å². The number of piperidine rings is 3. The topological polar surface area (TPSA) is 83.8 Å². The molecule has 1 unspecified atom stereocenters. The van der Waals surface area contributed by atoms with Crippen molar-refractivity contribution in [2.75, 3.05) is 25.0 Å². The Morgan fingerprint density at radius 1 is 1.19 bits per heavy atom. The van der Waals surface area contributed by atoms with Gasteiger partial charge in [0.2, 0.25) is 5.91 Å². The Balaban J connectivity index is 1.35. The zero-order valence-electron chi connectivity index (χ0n) is 15.2. The Morgan fingerprint density at radius 2 is 1.93 bits per heavy atom. The van der Waals surface area contributed by atoms with Crippen LogP contribution in [0.15, 0.2) is 41.0 Å². The number of carbonyl (C=O) groups is 2. The van der Waals surface area contributed by atoms with Crippen LogP contribution < -0.4 is 15.4 Å². The molecule has 0 radical (unpaired) electrons. The van der Waals surface area contributed by atoms with Crippen LogP contribution in [0.5, 0.6) is 11.7 Å². The van der Waals surface area contributed by atoms with Crippen molar-refractivity contribution in [1.29, 1.82) is 0 Å². The molecule has 4 heterocycles. The molecule has 7 heteroatoms. The summed E-state index contributed by atoms with van der Waals surface area (Å²) in [6, 6.07) is 8.77. The van der Waals surface area contributed by atoms with E-state index in [0.717, 1.165) is 19.6 Å². The molecule has 1 atom stereocenters. The molecule has 3 aliphatic rings. The maximum atomic E-state index is 12.5. The Hall–Kier alpha value is -2.80. The third kappa shape index (κ3) is 4.14. The van der Waals surface area contributed by atoms with Gasteiger partial charge in [-0.05, 0) is 56.1 Å². The van der Waals surface area contributed by atoms with E-state index >= 15 is 0 Å². The van der Waals surface area contributed by atoms with Crippen LogP contribution in [-0.2, 0) is 4.79 Å². The average Bonchev–Trinajstić information content (AvgIpc) is 3.09. The van der Waals surface area contributed by atoms with Crippen molar-refractivity contribution in [2.24, 2.45) is 5.92 Å². The van der Waals surface area contributed by atoms with Crippen LogP contribution in [0, 0.1) is 5.92 Å². The number of nitrogens with zero attached hydrogens (tertiary/aromatic N) is 1. The fourth-order valence-electron chi connectivity index (χ4n) is 3.81. The minimum absolute atomic E-state index is 0.0498. The van der Waals surface area contributed by atoms with Gasteiger partial charge in [-0.25, -0.2) is 0 Å². The van der Waals surface area contributed by atoms with Crippen molar-refractivity contribution in [3.63, 3.8) is 0 Å². The molecular formula is C20H23N3O4. The number of fused-ring (bicyclic) bond motifs is 3. The molecule has 1 aromatic carbocycles. The second-order valence-corrected chi connectivity index (χ2v) is 7.18. The molecule has 0 aliphatic carbocycles. The van der Waals surface area contributed by atoms with Crippen LogP contribution in [0.4, 0.5) is 5.69 Å². The van der Waals surface area contributed by atoms with E-state index < -0.39 is 0 Å². The summed E-state index contributed by atoms with van der Waals surface area (Å²) in [6.07, 6.45) is 3.75. The van der Waals surface area contributed by atoms with Gasteiger partial charge >= 0.3 is 0 Å². The van der Waals surface area contributed by atoms with Gasteiger partial charge in [0.05, 0.1) is 5.69 Å². The number of nitrogens with one attached hydrogen (secondary N) is 2. The number of ether oxygens (including phenoxy) is 1. The molecule has 2 N–H and O–H groups in total. The number of furan rings is 1. The number of rotatable bonds is 5. The lowest BCUT2D eigenvalue weighted by atomic mass is 9.84. The van der Waals surface area contributed by atoms with Crippen molar-refractivity contribution in [3.8, 4) is 11.7 Å². The molecule has 0 saturated carbocycles. The summed E-state index contributed by atoms with van der Waals surface area (Å²) in [4.78, 5) is 26.0. The Kier molecular flexibility index (Phi) is 4.85. The van der Waals surface area contributed by atoms with E-state index in [9.17, 15) is 9.59 Å². The zero-order chi connectivity index (χ0) is 18.8. The maximum absolute atomic E-state index is 12.5. The summed E-state index contributed by atoms with van der Waals surface area (Å²) in [5.41, 5.74) is 1.14. The van der Waals surface area contributed by atoms with Crippen molar-refractivity contribution in [2.45, 2.75) is 25.8 Å². The van der Waals surface area contributed by atoms with E-state index in [-0.39, 0.29) is 23.8 Å². The van der Waals surface area contributed by atoms with Gasteiger partial charge in [-0.3, -0.25) is 9.59 Å². The molecule has 3 saturated heterocycles. The Bertz CT molecular complexity index is 822. The smallest absolute Gasteiger partial charge is 0.291 e. The molecular weight excluding hydrogens is 346 g/mol. The standard InChI is InChI=1S/C20H23N3O4/c1-13(24)21-16-10-19(26-12-16)27-17-4-2-15(3-5-17)20(25)22-18-11-23-8-6-14(18)7-9-23/h2-5,10,12,14,18H,6-9,11H2,1H3,(H,21,24)(H,22,25). The van der Waals surface area contributed by atoms with Gasteiger partial charge in [-0.2, -0.15) is 0 Å². The largest absolute Gasteiger partial charge is 0.432 e. The van der Waals surface area contributed by atoms with E-state index in [0.29, 0.717) is 22.9 Å². The van der Waals surface area contributed by atoms with Gasteiger partial charge in [0.1, 0.15) is 12.0 Å². The highest BCUT2D eigenvalue weighted by Gasteiger charge is 2.34. The van der Waals surface area contributed by atoms with Gasteiger partial charge in [0.25, 0.3) is 11.9 Å². The van der Waals surface area contributed by atoms with Crippen LogP contribution in [0.3, 0.4) is 0 Å². The molecule has 2 bridgehead atoms. The summed E-state index contributed by atoms with van der Waals surface area (Å²) >= 11 is 0. The molecule has 5 rings (SSSR count). The van der Waals surface area contributed by atoms with E-state index in [2.05, 4.69) is 15.5 Å². The van der Waals surface area contributed by atoms with Gasteiger partial charge in [0, 0.05) is 31.1 Å². The molecule has 142 valence electrons. The summed E-state index contributed by atoms with van der Waals surface area (Å²) in [5, 5.41) is 5.79. The predicted molar refractivity (Wildman–Crippen MR) is 99.9 cm³/mol. The summed E-state index contributed by atoms with van der Waals surface area (Å²) in [7, 11) is 0. The lowest BCUT2D eigenvalue weighted by Crippen LogP contribution is -2.57. The fourth-order valence-corrected chi connectivity index (χ4v) is 3.81. The second kappa shape index (κ2) is 7.44. The van der Waals surface area contributed by atoms with E-state index in [4.69, 9.17) is 9.15 Å². The first kappa shape index (κ1) is 17.6. The van der Waals surface area contributed by atoms with Crippen molar-refractivity contribution >= 4 is 17.5 Å². The number of hydrogen-bond acceptors (Lipinski definition) is 5. The first-order chi connectivity index (χ1) is 13.1. The maximum Gasteiger partial charge on any atom is 0.291 e. The highest BCUT2D eigenvalue weighted by atomic mass is 16.6. The SMILES string of the molecule is CC(=O)Nc1coc(Oc2ccc(C(=O)NC3CN4CCC3CC4)cc2)c1. The number of benzene rings is 1. The molecule has 3 fully saturated rings. The molecule has 0 spiro atoms. The lowest BCUT2D eigenvalue weighted by Gasteiger charge is -2.44.